The summed E-state index contributed by atoms with van der Waals surface area (Å²) in [5, 5.41) is 3.66. The van der Waals surface area contributed by atoms with Crippen LogP contribution in [0.4, 0.5) is 5.82 Å². The number of imidazole rings is 1. The highest BCUT2D eigenvalue weighted by molar-refractivity contribution is 7.67. The number of fused-ring (bicyclic) bond motifs is 1. The molecule has 4 unspecified atom stereocenters. The Labute approximate surface area is 197 Å². The maximum Gasteiger partial charge on any atom is 0.492 e. The largest absolute Gasteiger partial charge is 0.492 e. The van der Waals surface area contributed by atoms with Crippen molar-refractivity contribution in [2.75, 3.05) is 33.7 Å². The van der Waals surface area contributed by atoms with Gasteiger partial charge < -0.3 is 15.4 Å². The van der Waals surface area contributed by atoms with E-state index in [1.165, 1.54) is 17.2 Å². The van der Waals surface area contributed by atoms with Crippen molar-refractivity contribution < 1.29 is 50.0 Å². The third-order valence-corrected chi connectivity index (χ3v) is 9.63. The minimum atomic E-state index is -4.96. The molecule has 0 aliphatic carbocycles. The van der Waals surface area contributed by atoms with Gasteiger partial charge in [0.2, 0.25) is 0 Å². The Morgan fingerprint density at radius 3 is 2.54 bits per heavy atom. The topological polar surface area (TPSA) is 254 Å². The number of nitrogens with two attached hydrogens (primary N) is 1. The molecular formula is C13H21N8O11P3. The lowest BCUT2D eigenvalue weighted by molar-refractivity contribution is -0.0239. The minimum Gasteiger partial charge on any atom is -0.382 e. The fraction of sp³-hybridized carbons (Fsp3) is 0.615. The highest BCUT2D eigenvalue weighted by Crippen LogP contribution is 2.71. The van der Waals surface area contributed by atoms with Crippen molar-refractivity contribution in [3.8, 4) is 0 Å². The van der Waals surface area contributed by atoms with Crippen LogP contribution in [-0.2, 0) is 45.1 Å². The summed E-state index contributed by atoms with van der Waals surface area (Å²) in [6, 6.07) is -0.816. The molecule has 0 amide bonds. The zero-order valence-electron chi connectivity index (χ0n) is 18.4. The maximum absolute atomic E-state index is 12.9. The van der Waals surface area contributed by atoms with Crippen molar-refractivity contribution in [3.05, 3.63) is 23.1 Å². The Balaban J connectivity index is 1.76. The molecule has 3 rings (SSSR count). The van der Waals surface area contributed by atoms with E-state index in [0.717, 1.165) is 21.3 Å². The van der Waals surface area contributed by atoms with Crippen molar-refractivity contribution >= 4 is 40.4 Å². The molecule has 6 atom stereocenters. The molecule has 1 aliphatic rings. The van der Waals surface area contributed by atoms with Gasteiger partial charge in [-0.05, 0) is 5.53 Å². The molecule has 1 aliphatic heterocycles. The van der Waals surface area contributed by atoms with Crippen molar-refractivity contribution in [1.29, 1.82) is 0 Å². The van der Waals surface area contributed by atoms with Gasteiger partial charge in [-0.2, -0.15) is 8.62 Å². The van der Waals surface area contributed by atoms with E-state index in [4.69, 9.17) is 24.8 Å². The lowest BCUT2D eigenvalue weighted by Gasteiger charge is -2.23. The Kier molecular flexibility index (Phi) is 8.65. The molecule has 19 nitrogen and oxygen atoms in total. The fourth-order valence-electron chi connectivity index (χ4n) is 2.94. The molecule has 0 radical (unpaired) electrons. The lowest BCUT2D eigenvalue weighted by Crippen LogP contribution is -2.25. The van der Waals surface area contributed by atoms with Crippen LogP contribution in [-0.4, -0.2) is 64.5 Å². The van der Waals surface area contributed by atoms with Gasteiger partial charge in [0.25, 0.3) is 0 Å². The zero-order valence-corrected chi connectivity index (χ0v) is 21.1. The van der Waals surface area contributed by atoms with Crippen LogP contribution in [0, 0.1) is 0 Å². The fourth-order valence-corrected chi connectivity index (χ4v) is 7.01. The summed E-state index contributed by atoms with van der Waals surface area (Å²) in [6.45, 7) is -0.556. The Morgan fingerprint density at radius 2 is 1.91 bits per heavy atom. The Morgan fingerprint density at radius 1 is 1.20 bits per heavy atom. The minimum absolute atomic E-state index is 0.146. The molecule has 194 valence electrons. The monoisotopic (exact) mass is 558 g/mol. The first-order valence-corrected chi connectivity index (χ1v) is 13.8. The number of phosphoric ester groups is 2. The van der Waals surface area contributed by atoms with E-state index in [0.29, 0.717) is 11.2 Å². The third kappa shape index (κ3) is 6.43. The maximum atomic E-state index is 12.9. The van der Waals surface area contributed by atoms with Gasteiger partial charge >= 0.3 is 23.5 Å². The van der Waals surface area contributed by atoms with Crippen molar-refractivity contribution in [3.63, 3.8) is 0 Å². The van der Waals surface area contributed by atoms with Gasteiger partial charge in [-0.15, -0.1) is 0 Å². The zero-order chi connectivity index (χ0) is 25.9. The van der Waals surface area contributed by atoms with E-state index in [1.807, 2.05) is 0 Å². The molecule has 0 saturated carbocycles. The third-order valence-electron chi connectivity index (χ3n) is 4.58. The van der Waals surface area contributed by atoms with Crippen LogP contribution in [0.1, 0.15) is 12.6 Å². The number of azide groups is 1. The van der Waals surface area contributed by atoms with Gasteiger partial charge in [0.05, 0.1) is 25.1 Å². The van der Waals surface area contributed by atoms with Crippen LogP contribution in [0.15, 0.2) is 17.8 Å². The summed E-state index contributed by atoms with van der Waals surface area (Å²) >= 11 is 0. The van der Waals surface area contributed by atoms with Crippen LogP contribution in [0.2, 0.25) is 0 Å². The van der Waals surface area contributed by atoms with Crippen LogP contribution >= 0.6 is 23.5 Å². The average molecular weight is 558 g/mol. The van der Waals surface area contributed by atoms with Crippen molar-refractivity contribution in [2.24, 2.45) is 5.11 Å². The molecule has 22 heteroatoms. The van der Waals surface area contributed by atoms with Gasteiger partial charge in [0.15, 0.2) is 11.5 Å². The molecule has 0 bridgehead atoms. The van der Waals surface area contributed by atoms with Crippen LogP contribution in [0.3, 0.4) is 0 Å². The number of ether oxygens (including phenoxy) is 1. The molecule has 1 fully saturated rings. The van der Waals surface area contributed by atoms with E-state index in [2.05, 4.69) is 42.9 Å². The molecule has 3 heterocycles. The number of hydrogen-bond acceptors (Lipinski definition) is 15. The first-order chi connectivity index (χ1) is 16.5. The highest BCUT2D eigenvalue weighted by atomic mass is 31.3. The molecule has 2 aromatic heterocycles. The van der Waals surface area contributed by atoms with E-state index < -0.39 is 48.4 Å². The normalized spacial score (nSPS) is 25.4. The molecule has 0 aromatic carbocycles. The molecule has 35 heavy (non-hydrogen) atoms. The van der Waals surface area contributed by atoms with Gasteiger partial charge in [-0.25, -0.2) is 28.6 Å². The number of rotatable bonds is 12. The second-order valence-corrected chi connectivity index (χ2v) is 12.0. The van der Waals surface area contributed by atoms with Crippen molar-refractivity contribution in [1.82, 2.24) is 19.5 Å². The van der Waals surface area contributed by atoms with E-state index in [-0.39, 0.29) is 12.2 Å². The van der Waals surface area contributed by atoms with Crippen LogP contribution in [0.5, 0.6) is 0 Å². The lowest BCUT2D eigenvalue weighted by atomic mass is 10.1. The summed E-state index contributed by atoms with van der Waals surface area (Å²) < 4.78 is 71.8. The standard InChI is InChI=1S/C13H21N8O11P3/c1-26-33(22,23)31-35(25,28-3)32-34(24,27-2)29-5-9-8(19-20-15)4-10(30-9)21-7-18-11-12(14)16-6-17-13(11)21/h6-10H,4-5H2,1-3H3,(H,22,23)(H2,14,16,17)/t8?,9-,10-,34?,35?/m1/s1. The second kappa shape index (κ2) is 11.0. The summed E-state index contributed by atoms with van der Waals surface area (Å²) in [6.07, 6.45) is 1.07. The predicted molar refractivity (Wildman–Crippen MR) is 115 cm³/mol. The van der Waals surface area contributed by atoms with Crippen LogP contribution in [0.25, 0.3) is 21.6 Å². The van der Waals surface area contributed by atoms with Crippen molar-refractivity contribution in [2.45, 2.75) is 24.8 Å². The van der Waals surface area contributed by atoms with Gasteiger partial charge in [0.1, 0.15) is 18.1 Å². The van der Waals surface area contributed by atoms with E-state index in [1.54, 1.807) is 0 Å². The highest BCUT2D eigenvalue weighted by Gasteiger charge is 2.46. The van der Waals surface area contributed by atoms with Gasteiger partial charge in [-0.3, -0.25) is 22.7 Å². The first-order valence-electron chi connectivity index (χ1n) is 9.38. The summed E-state index contributed by atoms with van der Waals surface area (Å²) in [5.41, 5.74) is 15.4. The number of nitrogens with zero attached hydrogens (tertiary/aromatic N) is 7. The number of aromatic nitrogens is 4. The van der Waals surface area contributed by atoms with E-state index >= 15 is 0 Å². The Hall–Kier alpha value is -1.97. The second-order valence-electron chi connectivity index (χ2n) is 6.59. The van der Waals surface area contributed by atoms with Crippen LogP contribution < -0.4 is 5.73 Å². The molecule has 3 N–H and O–H groups in total. The molecular weight excluding hydrogens is 537 g/mol. The van der Waals surface area contributed by atoms with E-state index in [9.17, 15) is 18.6 Å². The quantitative estimate of drug-likeness (QED) is 0.164. The summed E-state index contributed by atoms with van der Waals surface area (Å²) in [4.78, 5) is 24.3. The molecule has 0 spiro atoms. The number of phosphoric acid groups is 3. The predicted octanol–water partition coefficient (Wildman–Crippen LogP) is 2.68. The Bertz CT molecular complexity index is 1250. The molecule has 2 aromatic rings. The SMILES string of the molecule is COP(=O)(O)OP(=O)(OC)OP(=O)(OC)OC[C@H]1O[C@@H](n2cnc3c(N)ncnc32)CC1N=[N+]=[N-]. The average Bonchev–Trinajstić information content (AvgIpc) is 3.42. The number of nitrogen functional groups attached to an aromatic ring is 1. The number of anilines is 1. The summed E-state index contributed by atoms with van der Waals surface area (Å²) in [5.74, 6) is 0.155. The number of hydrogen-bond donors (Lipinski definition) is 2. The first kappa shape index (κ1) is 27.6. The molecule has 1 saturated heterocycles. The summed E-state index contributed by atoms with van der Waals surface area (Å²) in [7, 11) is -12.1. The smallest absolute Gasteiger partial charge is 0.382 e. The van der Waals surface area contributed by atoms with Gasteiger partial charge in [-0.1, -0.05) is 5.11 Å². The van der Waals surface area contributed by atoms with Gasteiger partial charge in [0, 0.05) is 32.7 Å².